The third-order valence-electron chi connectivity index (χ3n) is 3.46. The SMILES string of the molecule is CC(C(=O)NC(C)(C)C)N(C)CC(O)COCc1ccccc1. The minimum absolute atomic E-state index is 0.0441. The van der Waals surface area contributed by atoms with E-state index in [9.17, 15) is 9.90 Å². The van der Waals surface area contributed by atoms with Crippen molar-refractivity contribution in [3.05, 3.63) is 35.9 Å². The van der Waals surface area contributed by atoms with Gasteiger partial charge in [-0.25, -0.2) is 0 Å². The molecule has 0 aliphatic heterocycles. The third kappa shape index (κ3) is 8.11. The van der Waals surface area contributed by atoms with Crippen LogP contribution in [0.3, 0.4) is 0 Å². The Morgan fingerprint density at radius 3 is 2.48 bits per heavy atom. The maximum atomic E-state index is 12.1. The molecule has 1 amide bonds. The van der Waals surface area contributed by atoms with E-state index in [4.69, 9.17) is 4.74 Å². The summed E-state index contributed by atoms with van der Waals surface area (Å²) < 4.78 is 5.53. The van der Waals surface area contributed by atoms with Gasteiger partial charge in [0, 0.05) is 12.1 Å². The van der Waals surface area contributed by atoms with Crippen LogP contribution in [0.5, 0.6) is 0 Å². The Kier molecular flexibility index (Phi) is 7.68. The van der Waals surface area contributed by atoms with Gasteiger partial charge in [0.05, 0.1) is 25.4 Å². The van der Waals surface area contributed by atoms with Gasteiger partial charge in [-0.15, -0.1) is 0 Å². The Hall–Kier alpha value is -1.43. The summed E-state index contributed by atoms with van der Waals surface area (Å²) in [4.78, 5) is 13.9. The summed E-state index contributed by atoms with van der Waals surface area (Å²) in [7, 11) is 1.83. The Balaban J connectivity index is 2.32. The smallest absolute Gasteiger partial charge is 0.237 e. The van der Waals surface area contributed by atoms with Crippen LogP contribution in [0.15, 0.2) is 30.3 Å². The van der Waals surface area contributed by atoms with Gasteiger partial charge in [-0.3, -0.25) is 9.69 Å². The molecule has 2 unspecified atom stereocenters. The number of hydrogen-bond donors (Lipinski definition) is 2. The van der Waals surface area contributed by atoms with Gasteiger partial charge in [-0.1, -0.05) is 30.3 Å². The molecule has 2 atom stereocenters. The molecule has 5 heteroatoms. The Bertz CT molecular complexity index is 471. The molecule has 130 valence electrons. The molecule has 0 aliphatic carbocycles. The van der Waals surface area contributed by atoms with Gasteiger partial charge in [-0.2, -0.15) is 0 Å². The molecule has 0 saturated carbocycles. The zero-order valence-corrected chi connectivity index (χ0v) is 14.9. The molecule has 0 aromatic heterocycles. The molecule has 0 aliphatic rings. The second kappa shape index (κ2) is 9.01. The van der Waals surface area contributed by atoms with Crippen LogP contribution in [0.1, 0.15) is 33.3 Å². The lowest BCUT2D eigenvalue weighted by Gasteiger charge is -2.29. The minimum atomic E-state index is -0.631. The van der Waals surface area contributed by atoms with Gasteiger partial charge < -0.3 is 15.2 Å². The fourth-order valence-electron chi connectivity index (χ4n) is 2.10. The van der Waals surface area contributed by atoms with E-state index >= 15 is 0 Å². The molecule has 1 aromatic rings. The lowest BCUT2D eigenvalue weighted by Crippen LogP contribution is -2.51. The number of benzene rings is 1. The highest BCUT2D eigenvalue weighted by molar-refractivity contribution is 5.81. The van der Waals surface area contributed by atoms with Crippen LogP contribution in [-0.2, 0) is 16.1 Å². The first-order valence-corrected chi connectivity index (χ1v) is 8.01. The van der Waals surface area contributed by atoms with Crippen LogP contribution in [0.4, 0.5) is 0 Å². The molecular formula is C18H30N2O3. The van der Waals surface area contributed by atoms with Gasteiger partial charge in [-0.05, 0) is 40.3 Å². The van der Waals surface area contributed by atoms with E-state index in [2.05, 4.69) is 5.32 Å². The zero-order valence-electron chi connectivity index (χ0n) is 14.9. The predicted octanol–water partition coefficient (Wildman–Crippen LogP) is 1.80. The summed E-state index contributed by atoms with van der Waals surface area (Å²) in [5.74, 6) is -0.0441. The molecule has 23 heavy (non-hydrogen) atoms. The first-order valence-electron chi connectivity index (χ1n) is 8.01. The summed E-state index contributed by atoms with van der Waals surface area (Å²) >= 11 is 0. The highest BCUT2D eigenvalue weighted by atomic mass is 16.5. The summed E-state index contributed by atoms with van der Waals surface area (Å²) in [5, 5.41) is 13.0. The predicted molar refractivity (Wildman–Crippen MR) is 92.1 cm³/mol. The van der Waals surface area contributed by atoms with E-state index in [0.717, 1.165) is 5.56 Å². The number of likely N-dealkylation sites (N-methyl/N-ethyl adjacent to an activating group) is 1. The van der Waals surface area contributed by atoms with Gasteiger partial charge in [0.2, 0.25) is 5.91 Å². The van der Waals surface area contributed by atoms with E-state index in [-0.39, 0.29) is 24.1 Å². The number of rotatable bonds is 8. The lowest BCUT2D eigenvalue weighted by molar-refractivity contribution is -0.127. The first-order chi connectivity index (χ1) is 10.7. The molecular weight excluding hydrogens is 292 g/mol. The van der Waals surface area contributed by atoms with Crippen LogP contribution in [0.2, 0.25) is 0 Å². The largest absolute Gasteiger partial charge is 0.389 e. The number of carbonyl (C=O) groups is 1. The Labute approximate surface area is 139 Å². The van der Waals surface area contributed by atoms with Gasteiger partial charge in [0.15, 0.2) is 0 Å². The highest BCUT2D eigenvalue weighted by Crippen LogP contribution is 2.05. The van der Waals surface area contributed by atoms with Crippen molar-refractivity contribution in [3.63, 3.8) is 0 Å². The number of aliphatic hydroxyl groups is 1. The average molecular weight is 322 g/mol. The van der Waals surface area contributed by atoms with Crippen molar-refractivity contribution in [2.24, 2.45) is 0 Å². The van der Waals surface area contributed by atoms with Crippen molar-refractivity contribution in [2.45, 2.75) is 52.0 Å². The van der Waals surface area contributed by atoms with Gasteiger partial charge in [0.1, 0.15) is 0 Å². The zero-order chi connectivity index (χ0) is 17.5. The summed E-state index contributed by atoms with van der Waals surface area (Å²) in [6, 6.07) is 9.53. The summed E-state index contributed by atoms with van der Waals surface area (Å²) in [6.07, 6.45) is -0.631. The van der Waals surface area contributed by atoms with E-state index in [1.807, 2.05) is 70.0 Å². The molecule has 1 aromatic carbocycles. The van der Waals surface area contributed by atoms with E-state index in [0.29, 0.717) is 13.2 Å². The number of hydrogen-bond acceptors (Lipinski definition) is 4. The van der Waals surface area contributed by atoms with Crippen molar-refractivity contribution < 1.29 is 14.6 Å². The standard InChI is InChI=1S/C18H30N2O3/c1-14(17(22)19-18(2,3)4)20(5)11-16(21)13-23-12-15-9-7-6-8-10-15/h6-10,14,16,21H,11-13H2,1-5H3,(H,19,22). The van der Waals surface area contributed by atoms with Crippen LogP contribution >= 0.6 is 0 Å². The number of amides is 1. The fourth-order valence-corrected chi connectivity index (χ4v) is 2.10. The summed E-state index contributed by atoms with van der Waals surface area (Å²) in [5.41, 5.74) is 0.815. The topological polar surface area (TPSA) is 61.8 Å². The van der Waals surface area contributed by atoms with Gasteiger partial charge in [0.25, 0.3) is 0 Å². The van der Waals surface area contributed by atoms with Crippen LogP contribution in [0, 0.1) is 0 Å². The monoisotopic (exact) mass is 322 g/mol. The number of ether oxygens (including phenoxy) is 1. The molecule has 0 heterocycles. The van der Waals surface area contributed by atoms with E-state index in [1.165, 1.54) is 0 Å². The summed E-state index contributed by atoms with van der Waals surface area (Å²) in [6.45, 7) is 8.78. The molecule has 0 bridgehead atoms. The quantitative estimate of drug-likeness (QED) is 0.766. The molecule has 0 spiro atoms. The van der Waals surface area contributed by atoms with E-state index in [1.54, 1.807) is 0 Å². The number of nitrogens with one attached hydrogen (secondary N) is 1. The number of nitrogens with zero attached hydrogens (tertiary/aromatic N) is 1. The van der Waals surface area contributed by atoms with Crippen LogP contribution in [-0.4, -0.2) is 53.8 Å². The van der Waals surface area contributed by atoms with Crippen molar-refractivity contribution >= 4 is 5.91 Å². The second-order valence-corrected chi connectivity index (χ2v) is 7.01. The Morgan fingerprint density at radius 2 is 1.91 bits per heavy atom. The maximum Gasteiger partial charge on any atom is 0.237 e. The number of aliphatic hydroxyl groups excluding tert-OH is 1. The van der Waals surface area contributed by atoms with Crippen LogP contribution < -0.4 is 5.32 Å². The number of carbonyl (C=O) groups excluding carboxylic acids is 1. The van der Waals surface area contributed by atoms with Crippen molar-refractivity contribution in [1.82, 2.24) is 10.2 Å². The molecule has 1 rings (SSSR count). The maximum absolute atomic E-state index is 12.1. The van der Waals surface area contributed by atoms with E-state index < -0.39 is 6.10 Å². The van der Waals surface area contributed by atoms with Crippen LogP contribution in [0.25, 0.3) is 0 Å². The van der Waals surface area contributed by atoms with Crippen molar-refractivity contribution in [1.29, 1.82) is 0 Å². The van der Waals surface area contributed by atoms with Crippen molar-refractivity contribution in [3.8, 4) is 0 Å². The highest BCUT2D eigenvalue weighted by Gasteiger charge is 2.23. The molecule has 0 radical (unpaired) electrons. The first kappa shape index (κ1) is 19.6. The van der Waals surface area contributed by atoms with Gasteiger partial charge >= 0.3 is 0 Å². The Morgan fingerprint density at radius 1 is 1.30 bits per heavy atom. The molecule has 0 fully saturated rings. The lowest BCUT2D eigenvalue weighted by atomic mass is 10.1. The average Bonchev–Trinajstić information content (AvgIpc) is 2.45. The van der Waals surface area contributed by atoms with Crippen molar-refractivity contribution in [2.75, 3.05) is 20.2 Å². The molecule has 2 N–H and O–H groups in total. The third-order valence-corrected chi connectivity index (χ3v) is 3.46. The molecule has 5 nitrogen and oxygen atoms in total. The normalized spacial score (nSPS) is 14.6. The fraction of sp³-hybridized carbons (Fsp3) is 0.611. The molecule has 0 saturated heterocycles. The minimum Gasteiger partial charge on any atom is -0.389 e. The second-order valence-electron chi connectivity index (χ2n) is 7.01.